The summed E-state index contributed by atoms with van der Waals surface area (Å²) in [6, 6.07) is 21.5. The molecular weight excluding hydrogens is 936 g/mol. The fraction of sp³-hybridized carbons (Fsp3) is 0.468. The van der Waals surface area contributed by atoms with Crippen LogP contribution in [0, 0.1) is 0 Å². The molecule has 21 heteroatoms. The number of carbonyl (C=O) groups excluding carboxylic acids is 3. The highest BCUT2D eigenvalue weighted by molar-refractivity contribution is 7.93. The van der Waals surface area contributed by atoms with Crippen molar-refractivity contribution in [3.8, 4) is 0 Å². The maximum Gasteiger partial charge on any atom is 0.410 e. The summed E-state index contributed by atoms with van der Waals surface area (Å²) in [5.41, 5.74) is 4.49. The predicted molar refractivity (Wildman–Crippen MR) is 264 cm³/mol. The monoisotopic (exact) mass is 1000 g/mol. The number of ether oxygens (including phenoxy) is 3. The number of hydrogen-bond donors (Lipinski definition) is 1. The number of amides is 1. The van der Waals surface area contributed by atoms with Gasteiger partial charge in [-0.1, -0.05) is 24.3 Å². The molecule has 0 aliphatic carbocycles. The Balaban J connectivity index is 0.000000298. The minimum atomic E-state index is -3.57. The van der Waals surface area contributed by atoms with Crippen molar-refractivity contribution in [1.29, 1.82) is 0 Å². The van der Waals surface area contributed by atoms with Crippen molar-refractivity contribution < 1.29 is 45.4 Å². The van der Waals surface area contributed by atoms with E-state index in [1.165, 1.54) is 35.2 Å². The van der Waals surface area contributed by atoms with Crippen molar-refractivity contribution in [2.24, 2.45) is 0 Å². The van der Waals surface area contributed by atoms with Gasteiger partial charge in [-0.15, -0.1) is 12.4 Å². The summed E-state index contributed by atoms with van der Waals surface area (Å²) in [6.45, 7) is 17.1. The standard InChI is InChI=1S/C26H36N4O6S.C21H28N4O4S.ClH/c1-6-37(33,34)30(19-22-10-9-21(17-27-22)24(31)35-5)23-11-7-20(8-12-23)18-28-13-15-29(16-14-28)25(32)36-26(2,3)4;1-3-30(27,28)25(16-19-7-6-18(14-23-19)21(26)29-2)20-8-4-17(5-9-20)15-24-12-10-22-11-13-24;/h7-12,17H,6,13-16,18-19H2,1-5H3;4-9,14,22H,3,10-13,15-16H2,1-2H3;1H. The molecule has 0 atom stereocenters. The Morgan fingerprint density at radius 3 is 1.35 bits per heavy atom. The van der Waals surface area contributed by atoms with E-state index in [4.69, 9.17) is 4.74 Å². The van der Waals surface area contributed by atoms with Crippen LogP contribution in [0.1, 0.15) is 77.8 Å². The zero-order chi connectivity index (χ0) is 48.8. The van der Waals surface area contributed by atoms with Gasteiger partial charge in [0, 0.05) is 77.8 Å². The van der Waals surface area contributed by atoms with Crippen LogP contribution in [0.15, 0.2) is 85.2 Å². The zero-order valence-corrected chi connectivity index (χ0v) is 42.4. The number of nitrogens with one attached hydrogen (secondary N) is 1. The van der Waals surface area contributed by atoms with Crippen LogP contribution in [0.25, 0.3) is 0 Å². The Labute approximate surface area is 407 Å². The SMILES string of the molecule is CCS(=O)(=O)N(Cc1ccc(C(=O)OC)cn1)c1ccc(CN2CCN(C(=O)OC(C)(C)C)CC2)cc1.CCS(=O)(=O)N(Cc1ccc(C(=O)OC)cn1)c1ccc(CN2CCNCC2)cc1.Cl. The first-order valence-corrected chi connectivity index (χ1v) is 25.4. The molecule has 2 aromatic heterocycles. The number of anilines is 2. The van der Waals surface area contributed by atoms with Gasteiger partial charge in [-0.25, -0.2) is 31.2 Å². The molecule has 2 saturated heterocycles. The molecule has 2 aliphatic rings. The summed E-state index contributed by atoms with van der Waals surface area (Å²) in [6.07, 6.45) is 2.49. The minimum Gasteiger partial charge on any atom is -0.465 e. The van der Waals surface area contributed by atoms with Crippen molar-refractivity contribution in [1.82, 2.24) is 30.0 Å². The summed E-state index contributed by atoms with van der Waals surface area (Å²) in [5.74, 6) is -1.06. The van der Waals surface area contributed by atoms with Crippen LogP contribution in [-0.4, -0.2) is 143 Å². The first kappa shape index (κ1) is 55.2. The molecule has 2 fully saturated rings. The van der Waals surface area contributed by atoms with Crippen LogP contribution in [0.2, 0.25) is 0 Å². The molecule has 2 aliphatic heterocycles. The number of methoxy groups -OCH3 is 2. The van der Waals surface area contributed by atoms with Crippen molar-refractivity contribution in [2.45, 2.75) is 66.4 Å². The normalized spacial score (nSPS) is 14.7. The molecule has 6 rings (SSSR count). The average molecular weight is 1000 g/mol. The van der Waals surface area contributed by atoms with Gasteiger partial charge in [0.2, 0.25) is 20.0 Å². The lowest BCUT2D eigenvalue weighted by Gasteiger charge is -2.35. The first-order chi connectivity index (χ1) is 31.8. The topological polar surface area (TPSA) is 201 Å². The van der Waals surface area contributed by atoms with E-state index in [2.05, 4.69) is 34.6 Å². The van der Waals surface area contributed by atoms with E-state index in [1.54, 1.807) is 55.1 Å². The summed E-state index contributed by atoms with van der Waals surface area (Å²) in [5, 5.41) is 3.34. The van der Waals surface area contributed by atoms with Crippen molar-refractivity contribution in [3.63, 3.8) is 0 Å². The Morgan fingerprint density at radius 1 is 0.618 bits per heavy atom. The number of piperazine rings is 2. The molecule has 4 aromatic rings. The highest BCUT2D eigenvalue weighted by atomic mass is 35.5. The highest BCUT2D eigenvalue weighted by Crippen LogP contribution is 2.25. The number of esters is 2. The van der Waals surface area contributed by atoms with Gasteiger partial charge < -0.3 is 24.4 Å². The first-order valence-electron chi connectivity index (χ1n) is 22.2. The van der Waals surface area contributed by atoms with Gasteiger partial charge in [0.05, 0.1) is 72.7 Å². The van der Waals surface area contributed by atoms with Crippen molar-refractivity contribution in [2.75, 3.05) is 86.7 Å². The second-order valence-electron chi connectivity index (χ2n) is 17.0. The molecule has 1 N–H and O–H groups in total. The predicted octanol–water partition coefficient (Wildman–Crippen LogP) is 5.33. The molecule has 4 heterocycles. The van der Waals surface area contributed by atoms with Crippen molar-refractivity contribution in [3.05, 3.63) is 119 Å². The number of carbonyl (C=O) groups is 3. The second kappa shape index (κ2) is 25.3. The summed E-state index contributed by atoms with van der Waals surface area (Å²) in [4.78, 5) is 50.3. The van der Waals surface area contributed by atoms with Crippen LogP contribution < -0.4 is 13.9 Å². The Morgan fingerprint density at radius 2 is 1.01 bits per heavy atom. The van der Waals surface area contributed by atoms with Crippen LogP contribution >= 0.6 is 12.4 Å². The molecule has 0 radical (unpaired) electrons. The number of rotatable bonds is 16. The largest absolute Gasteiger partial charge is 0.465 e. The number of aromatic nitrogens is 2. The fourth-order valence-electron chi connectivity index (χ4n) is 7.16. The van der Waals surface area contributed by atoms with E-state index in [1.807, 2.05) is 57.2 Å². The number of pyridine rings is 2. The molecular formula is C47H65ClN8O10S2. The Kier molecular flexibility index (Phi) is 20.5. The third-order valence-electron chi connectivity index (χ3n) is 11.0. The van der Waals surface area contributed by atoms with Crippen LogP contribution in [-0.2, 0) is 60.4 Å². The minimum absolute atomic E-state index is 0. The molecule has 0 saturated carbocycles. The molecule has 372 valence electrons. The molecule has 0 bridgehead atoms. The summed E-state index contributed by atoms with van der Waals surface area (Å²) in [7, 11) is -4.47. The van der Waals surface area contributed by atoms with Gasteiger partial charge in [0.1, 0.15) is 5.60 Å². The van der Waals surface area contributed by atoms with E-state index in [0.29, 0.717) is 53.5 Å². The number of hydrogen-bond acceptors (Lipinski definition) is 15. The maximum absolute atomic E-state index is 12.9. The molecule has 68 heavy (non-hydrogen) atoms. The highest BCUT2D eigenvalue weighted by Gasteiger charge is 2.27. The van der Waals surface area contributed by atoms with Gasteiger partial charge in [0.15, 0.2) is 0 Å². The van der Waals surface area contributed by atoms with Crippen LogP contribution in [0.5, 0.6) is 0 Å². The van der Waals surface area contributed by atoms with Gasteiger partial charge in [-0.3, -0.25) is 28.4 Å². The molecule has 0 spiro atoms. The number of halogens is 1. The van der Waals surface area contributed by atoms with Gasteiger partial charge in [0.25, 0.3) is 0 Å². The van der Waals surface area contributed by atoms with Crippen LogP contribution in [0.4, 0.5) is 16.2 Å². The van der Waals surface area contributed by atoms with Gasteiger partial charge >= 0.3 is 18.0 Å². The van der Waals surface area contributed by atoms with E-state index in [9.17, 15) is 31.2 Å². The van der Waals surface area contributed by atoms with Gasteiger partial charge in [-0.05, 0) is 94.3 Å². The quantitative estimate of drug-likeness (QED) is 0.112. The van der Waals surface area contributed by atoms with E-state index < -0.39 is 37.6 Å². The van der Waals surface area contributed by atoms with E-state index in [0.717, 1.165) is 56.9 Å². The Bertz CT molecular complexity index is 2460. The third-order valence-corrected chi connectivity index (χ3v) is 14.5. The molecule has 18 nitrogen and oxygen atoms in total. The fourth-order valence-corrected chi connectivity index (χ4v) is 9.32. The number of benzene rings is 2. The summed E-state index contributed by atoms with van der Waals surface area (Å²) >= 11 is 0. The number of nitrogens with zero attached hydrogens (tertiary/aromatic N) is 7. The van der Waals surface area contributed by atoms with E-state index >= 15 is 0 Å². The van der Waals surface area contributed by atoms with Crippen molar-refractivity contribution >= 4 is 61.9 Å². The molecule has 2 aromatic carbocycles. The van der Waals surface area contributed by atoms with Crippen LogP contribution in [0.3, 0.4) is 0 Å². The maximum atomic E-state index is 12.9. The lowest BCUT2D eigenvalue weighted by molar-refractivity contribution is 0.0138. The summed E-state index contributed by atoms with van der Waals surface area (Å²) < 4.78 is 68.7. The average Bonchev–Trinajstić information content (AvgIpc) is 3.33. The van der Waals surface area contributed by atoms with Gasteiger partial charge in [-0.2, -0.15) is 0 Å². The second-order valence-corrected chi connectivity index (χ2v) is 21.3. The lowest BCUT2D eigenvalue weighted by atomic mass is 10.1. The lowest BCUT2D eigenvalue weighted by Crippen LogP contribution is -2.49. The molecule has 0 unspecified atom stereocenters. The smallest absolute Gasteiger partial charge is 0.410 e. The Hall–Kier alpha value is -5.38. The third kappa shape index (κ3) is 16.1. The zero-order valence-electron chi connectivity index (χ0n) is 39.9. The molecule has 1 amide bonds. The van der Waals surface area contributed by atoms with E-state index in [-0.39, 0.29) is 43.1 Å². The number of sulfonamides is 2.